The van der Waals surface area contributed by atoms with Crippen LogP contribution >= 0.6 is 0 Å². The predicted molar refractivity (Wildman–Crippen MR) is 243 cm³/mol. The van der Waals surface area contributed by atoms with Crippen molar-refractivity contribution in [3.8, 4) is 0 Å². The summed E-state index contributed by atoms with van der Waals surface area (Å²) in [6.45, 7) is 0. The molecule has 0 saturated heterocycles. The monoisotopic (exact) mass is 1230 g/mol. The van der Waals surface area contributed by atoms with Gasteiger partial charge in [-0.05, 0) is 72.8 Å². The van der Waals surface area contributed by atoms with Crippen molar-refractivity contribution in [3.05, 3.63) is 179 Å². The Labute approximate surface area is 440 Å². The van der Waals surface area contributed by atoms with E-state index in [0.717, 1.165) is 0 Å². The van der Waals surface area contributed by atoms with E-state index in [4.69, 9.17) is 95.7 Å². The minimum Gasteiger partial charge on any atom is -0.412 e. The Morgan fingerprint density at radius 1 is 0.197 bits per heavy atom. The number of rotatable bonds is 6. The van der Waals surface area contributed by atoms with Gasteiger partial charge >= 0.3 is 0 Å². The smallest absolute Gasteiger partial charge is 0.178 e. The average Bonchev–Trinajstić information content (AvgIpc) is 3.20. The fourth-order valence-electron chi connectivity index (χ4n) is 4.01. The van der Waals surface area contributed by atoms with E-state index < -0.39 is 37.7 Å². The van der Waals surface area contributed by atoms with Crippen molar-refractivity contribution in [2.75, 3.05) is 34.4 Å². The first-order valence-corrected chi connectivity index (χ1v) is 17.5. The van der Waals surface area contributed by atoms with Gasteiger partial charge < -0.3 is 118 Å². The molecule has 0 heterocycles. The number of aliphatic hydroxyl groups excluding tert-OH is 6. The molecule has 0 bridgehead atoms. The minimum absolute atomic E-state index is 0. The number of hydrogen-bond donors (Lipinski definition) is 18. The molecule has 6 aromatic carbocycles. The molecule has 0 aliphatic carbocycles. The Kier molecular flexibility index (Phi) is 44.7. The molecule has 0 aliphatic heterocycles. The van der Waals surface area contributed by atoms with E-state index in [0.29, 0.717) is 67.5 Å². The summed E-state index contributed by atoms with van der Waals surface area (Å²) in [4.78, 5) is 0. The fourth-order valence-corrected chi connectivity index (χ4v) is 4.01. The third-order valence-electron chi connectivity index (χ3n) is 7.41. The maximum atomic E-state index is 8.63. The Balaban J connectivity index is -0.000000161. The van der Waals surface area contributed by atoms with Gasteiger partial charge in [0.25, 0.3) is 0 Å². The molecule has 0 amide bonds. The van der Waals surface area contributed by atoms with Crippen LogP contribution in [-0.2, 0) is 0 Å². The maximum absolute atomic E-state index is 8.63. The predicted octanol–water partition coefficient (Wildman–Crippen LogP) is -1.79. The van der Waals surface area contributed by atoms with Gasteiger partial charge in [0, 0.05) is 144 Å². The van der Waals surface area contributed by atoms with Gasteiger partial charge in [-0.15, -0.1) is 0 Å². The largest absolute Gasteiger partial charge is 0.412 e. The molecule has 0 fully saturated rings. The summed E-state index contributed by atoms with van der Waals surface area (Å²) in [5.41, 5.74) is 38.6. The van der Waals surface area contributed by atoms with Crippen LogP contribution in [0.25, 0.3) is 0 Å². The summed E-state index contributed by atoms with van der Waals surface area (Å²) >= 11 is 0. The summed E-state index contributed by atoms with van der Waals surface area (Å²) in [6.07, 6.45) is -8.41. The van der Waals surface area contributed by atoms with Crippen LogP contribution < -0.4 is 34.4 Å². The first-order chi connectivity index (χ1) is 28.2. The SMILES string of the molecule is Nc1ccc(C(O)O)cc1.Nc1ccc(C(O)O)cc1.Nc1ccc(C(O)O)cc1.Nc1ccc(C(O)O)cc1.Nc1ccc(C(O)O)cc1.Nc1ccc(C(O)O)cc1.O.O.O.O.[Dy].[Dy]. The van der Waals surface area contributed by atoms with Crippen LogP contribution in [0.4, 0.5) is 34.1 Å². The summed E-state index contributed by atoms with van der Waals surface area (Å²) in [7, 11) is 0. The van der Waals surface area contributed by atoms with Crippen molar-refractivity contribution in [2.45, 2.75) is 37.7 Å². The average molecular weight is 1230 g/mol. The van der Waals surface area contributed by atoms with Gasteiger partial charge in [0.1, 0.15) is 0 Å². The van der Waals surface area contributed by atoms with Gasteiger partial charge in [-0.2, -0.15) is 0 Å². The molecule has 0 aromatic heterocycles. The van der Waals surface area contributed by atoms with E-state index in [9.17, 15) is 0 Å². The van der Waals surface area contributed by atoms with Crippen molar-refractivity contribution < 1.29 is 160 Å². The van der Waals surface area contributed by atoms with Gasteiger partial charge in [0.2, 0.25) is 0 Å². The van der Waals surface area contributed by atoms with E-state index in [2.05, 4.69) is 0 Å². The zero-order chi connectivity index (χ0) is 45.4. The summed E-state index contributed by atoms with van der Waals surface area (Å²) in [5.74, 6) is 0. The molecule has 6 aromatic rings. The van der Waals surface area contributed by atoms with E-state index in [1.165, 1.54) is 0 Å². The molecule has 0 saturated carbocycles. The second-order valence-electron chi connectivity index (χ2n) is 12.2. The molecule has 376 valence electrons. The van der Waals surface area contributed by atoms with E-state index >= 15 is 0 Å². The molecule has 0 atom stereocenters. The van der Waals surface area contributed by atoms with Gasteiger partial charge in [0.15, 0.2) is 37.7 Å². The third-order valence-corrected chi connectivity index (χ3v) is 7.41. The Hall–Kier alpha value is -3.97. The van der Waals surface area contributed by atoms with Crippen LogP contribution in [0.3, 0.4) is 0 Å². The normalized spacial score (nSPS) is 9.36. The number of benzene rings is 6. The molecule has 6 rings (SSSR count). The third kappa shape index (κ3) is 32.7. The van der Waals surface area contributed by atoms with Crippen molar-refractivity contribution in [2.24, 2.45) is 0 Å². The first-order valence-electron chi connectivity index (χ1n) is 17.5. The van der Waals surface area contributed by atoms with Crippen LogP contribution in [-0.4, -0.2) is 83.2 Å². The second-order valence-corrected chi connectivity index (χ2v) is 12.2. The number of aliphatic hydroxyl groups is 12. The number of nitrogen functional groups attached to an aromatic ring is 6. The van der Waals surface area contributed by atoms with Gasteiger partial charge in [-0.25, -0.2) is 0 Å². The van der Waals surface area contributed by atoms with E-state index in [-0.39, 0.29) is 98.3 Å². The quantitative estimate of drug-likeness (QED) is 0.0647. The summed E-state index contributed by atoms with van der Waals surface area (Å²) in [6, 6.07) is 38.3. The van der Waals surface area contributed by atoms with Crippen molar-refractivity contribution >= 4 is 34.1 Å². The molecule has 32 N–H and O–H groups in total. The van der Waals surface area contributed by atoms with Crippen molar-refractivity contribution in [1.29, 1.82) is 0 Å². The minimum atomic E-state index is -1.40. The first kappa shape index (κ1) is 73.6. The van der Waals surface area contributed by atoms with Crippen LogP contribution in [0.2, 0.25) is 0 Å². The molecule has 22 nitrogen and oxygen atoms in total. The molecule has 0 radical (unpaired) electrons. The van der Waals surface area contributed by atoms with Crippen molar-refractivity contribution in [1.82, 2.24) is 0 Å². The molecular weight excluding hydrogens is 1170 g/mol. The van der Waals surface area contributed by atoms with Gasteiger partial charge in [-0.3, -0.25) is 0 Å². The van der Waals surface area contributed by atoms with Crippen molar-refractivity contribution in [3.63, 3.8) is 0 Å². The number of anilines is 6. The Morgan fingerprint density at radius 3 is 0.333 bits per heavy atom. The molecule has 0 unspecified atom stereocenters. The molecular formula is C42H62Dy2N6O16. The van der Waals surface area contributed by atoms with Gasteiger partial charge in [-0.1, -0.05) is 72.8 Å². The zero-order valence-electron chi connectivity index (χ0n) is 34.8. The Bertz CT molecular complexity index is 1640. The van der Waals surface area contributed by atoms with Crippen LogP contribution in [0.15, 0.2) is 146 Å². The van der Waals surface area contributed by atoms with Crippen LogP contribution in [0.1, 0.15) is 71.1 Å². The zero-order valence-corrected chi connectivity index (χ0v) is 38.8. The van der Waals surface area contributed by atoms with E-state index in [1.807, 2.05) is 0 Å². The van der Waals surface area contributed by atoms with E-state index in [1.54, 1.807) is 146 Å². The molecule has 66 heavy (non-hydrogen) atoms. The summed E-state index contributed by atoms with van der Waals surface area (Å²) < 4.78 is 0. The topological polar surface area (TPSA) is 525 Å². The number of nitrogens with two attached hydrogens (primary N) is 6. The van der Waals surface area contributed by atoms with Crippen LogP contribution in [0.5, 0.6) is 0 Å². The fraction of sp³-hybridized carbons (Fsp3) is 0.143. The molecule has 0 spiro atoms. The van der Waals surface area contributed by atoms with Gasteiger partial charge in [0.05, 0.1) is 0 Å². The number of hydrogen-bond acceptors (Lipinski definition) is 18. The van der Waals surface area contributed by atoms with Crippen LogP contribution in [0, 0.1) is 76.3 Å². The Morgan fingerprint density at radius 2 is 0.273 bits per heavy atom. The summed E-state index contributed by atoms with van der Waals surface area (Å²) in [5, 5.41) is 104. The molecule has 0 aliphatic rings. The second kappa shape index (κ2) is 40.1. The maximum Gasteiger partial charge on any atom is 0.178 e. The molecule has 24 heteroatoms. The standard InChI is InChI=1S/6C7H9NO2.2Dy.4H2O/c6*8-6-3-1-5(2-4-6)7(9)10;;;;;;/h6*1-4,7,9-10H,8H2;;;4*1H2.